The van der Waals surface area contributed by atoms with Crippen LogP contribution >= 0.6 is 0 Å². The Balaban J connectivity index is 0.000000220. The minimum atomic E-state index is -1.84. The van der Waals surface area contributed by atoms with Gasteiger partial charge in [0.15, 0.2) is 36.7 Å². The van der Waals surface area contributed by atoms with E-state index in [9.17, 15) is 39.6 Å². The van der Waals surface area contributed by atoms with Crippen molar-refractivity contribution in [3.8, 4) is 0 Å². The normalized spacial score (nSPS) is 47.4. The van der Waals surface area contributed by atoms with Crippen LogP contribution in [0.15, 0.2) is 119 Å². The lowest BCUT2D eigenvalue weighted by atomic mass is 9.71. The molecule has 2 spiro atoms. The van der Waals surface area contributed by atoms with Gasteiger partial charge in [0.05, 0.1) is 111 Å². The van der Waals surface area contributed by atoms with Gasteiger partial charge in [-0.1, -0.05) is 135 Å². The molecule has 30 nitrogen and oxygen atoms in total. The fraction of sp³-hybridized carbons (Fsp3) is 0.758. The number of esters is 2. The first-order chi connectivity index (χ1) is 61.2. The lowest BCUT2D eigenvalue weighted by molar-refractivity contribution is -0.311. The molecule has 0 aromatic carbocycles. The average Bonchev–Trinajstić information content (AvgIpc) is 1.60. The minimum absolute atomic E-state index is 0.0266. The molecular weight excluding hydrogens is 1670 g/mol. The van der Waals surface area contributed by atoms with Crippen LogP contribution in [0, 0.1) is 47.3 Å². The first-order valence-corrected chi connectivity index (χ1v) is 47.2. The molecule has 39 atom stereocenters. The standard InChI is InChI=1S/C50H75NO14.C49H73NO14/c1-12-26(2)45-29(5)18-19-49(65-45)24-36-21-35(64-49)17-16-28(4)44(27(3)14-13-15-34-25-58-47-43(53)30(6)20-37(48(54)61-36)50(34,47)55)62-41-23-39(57-11)46(32(8)60-41)63-40-22-38(56-10)42(31(7)59-40)51-33(9)52;1-25(2)43-28(5)17-18-48(64-43)23-35-20-34(63-48)16-15-27(4)44(26(3)13-12-14-33-24-57-46-42(52)29(6)19-36(47(53)60-35)49(33,46)54)61-40-22-38(56-11)45(31(8)59-40)62-39-21-37(55-10)41(30(7)58-39)50-32(9)51/h13-16,18-20,26-27,29,31-32,35-47,53,55H,12,17,21-25H2,1-11H3,(H,51,52);12-15,17-19,25-26,28,30-31,34-46,52,54H,16,20-24H2,1-11H3,(H,50,51)/b14-13+,28-16+,34-15+;13-12+,27-15+,33-14+/t26-,27-,29-,31-,32-,35+,36-,37-,38-,39-,40-,41-,42+,43+,44-,45?,46-,47+,49+,50+;26-,28-,30-,31-,34+,35-,36-,37-,38-,39-,40-,41+,42+,43?,44-,45-,46+,48+,49+/m00/s1. The number of allylic oxidation sites excluding steroid dienone is 4. The third-order valence-corrected chi connectivity index (χ3v) is 29.3. The number of carbonyl (C=O) groups is 4. The van der Waals surface area contributed by atoms with Crippen molar-refractivity contribution in [3.05, 3.63) is 119 Å². The van der Waals surface area contributed by atoms with Crippen LogP contribution in [0.2, 0.25) is 0 Å². The molecule has 4 bridgehead atoms. The third-order valence-electron chi connectivity index (χ3n) is 29.3. The molecule has 30 heteroatoms. The molecule has 722 valence electrons. The molecule has 8 fully saturated rings. The van der Waals surface area contributed by atoms with Gasteiger partial charge in [0.25, 0.3) is 0 Å². The Morgan fingerprint density at radius 2 is 0.853 bits per heavy atom. The van der Waals surface area contributed by atoms with Gasteiger partial charge in [0, 0.05) is 117 Å². The number of aliphatic hydroxyl groups is 4. The highest BCUT2D eigenvalue weighted by atomic mass is 16.8. The molecule has 8 saturated heterocycles. The van der Waals surface area contributed by atoms with Crippen molar-refractivity contribution in [1.29, 1.82) is 0 Å². The van der Waals surface area contributed by atoms with Gasteiger partial charge in [-0.05, 0) is 126 Å². The molecule has 2 amide bonds. The summed E-state index contributed by atoms with van der Waals surface area (Å²) in [5.41, 5.74) is 0.228. The fourth-order valence-electron chi connectivity index (χ4n) is 21.9. The van der Waals surface area contributed by atoms with E-state index >= 15 is 0 Å². The van der Waals surface area contributed by atoms with Crippen LogP contribution in [0.3, 0.4) is 0 Å². The number of hydrogen-bond acceptors (Lipinski definition) is 28. The molecule has 2 unspecified atom stereocenters. The Labute approximate surface area is 762 Å². The summed E-state index contributed by atoms with van der Waals surface area (Å²) >= 11 is 0. The summed E-state index contributed by atoms with van der Waals surface area (Å²) < 4.78 is 129. The Morgan fingerprint density at radius 3 is 1.23 bits per heavy atom. The van der Waals surface area contributed by atoms with Gasteiger partial charge >= 0.3 is 11.9 Å². The number of carbonyl (C=O) groups excluding carboxylic acids is 4. The summed E-state index contributed by atoms with van der Waals surface area (Å²) in [6.45, 7) is 35.2. The van der Waals surface area contributed by atoms with E-state index in [1.165, 1.54) is 13.8 Å². The Hall–Kier alpha value is -5.60. The number of ether oxygens (including phenoxy) is 20. The van der Waals surface area contributed by atoms with Crippen molar-refractivity contribution in [3.63, 3.8) is 0 Å². The van der Waals surface area contributed by atoms with E-state index < -0.39 is 169 Å². The predicted octanol–water partition coefficient (Wildman–Crippen LogP) is 10.7. The molecule has 12 aliphatic heterocycles. The van der Waals surface area contributed by atoms with Crippen LogP contribution in [0.1, 0.15) is 195 Å². The van der Waals surface area contributed by atoms with E-state index in [-0.39, 0.29) is 122 Å². The van der Waals surface area contributed by atoms with Crippen LogP contribution in [0.4, 0.5) is 0 Å². The number of hydrogen-bond donors (Lipinski definition) is 6. The number of methoxy groups -OCH3 is 4. The summed E-state index contributed by atoms with van der Waals surface area (Å²) in [6.07, 6.45) is 17.9. The van der Waals surface area contributed by atoms with E-state index in [1.54, 1.807) is 66.6 Å². The zero-order valence-corrected chi connectivity index (χ0v) is 79.6. The smallest absolute Gasteiger partial charge is 0.316 e. The number of aliphatic hydroxyl groups excluding tert-OH is 2. The van der Waals surface area contributed by atoms with Crippen molar-refractivity contribution in [2.24, 2.45) is 47.3 Å². The lowest BCUT2D eigenvalue weighted by Gasteiger charge is -2.48. The van der Waals surface area contributed by atoms with Crippen molar-refractivity contribution in [1.82, 2.24) is 10.6 Å². The van der Waals surface area contributed by atoms with Crippen LogP contribution in [-0.4, -0.2) is 280 Å². The molecule has 0 saturated carbocycles. The monoisotopic (exact) mass is 1810 g/mol. The van der Waals surface area contributed by atoms with Crippen LogP contribution < -0.4 is 10.6 Å². The molecule has 0 aromatic rings. The zero-order chi connectivity index (χ0) is 93.2. The maximum atomic E-state index is 14.4. The number of fused-ring (bicyclic) bond motifs is 4. The lowest BCUT2D eigenvalue weighted by Crippen LogP contribution is -2.58. The molecule has 12 heterocycles. The second-order valence-electron chi connectivity index (χ2n) is 39.2. The van der Waals surface area contributed by atoms with Crippen LogP contribution in [0.5, 0.6) is 0 Å². The van der Waals surface area contributed by atoms with Gasteiger partial charge in [0.2, 0.25) is 11.8 Å². The summed E-state index contributed by atoms with van der Waals surface area (Å²) in [4.78, 5) is 52.5. The number of amides is 2. The zero-order valence-electron chi connectivity index (χ0n) is 79.6. The van der Waals surface area contributed by atoms with Gasteiger partial charge in [-0.15, -0.1) is 0 Å². The summed E-state index contributed by atoms with van der Waals surface area (Å²) in [5, 5.41) is 53.4. The number of nitrogens with one attached hydrogen (secondary N) is 2. The highest BCUT2D eigenvalue weighted by Crippen LogP contribution is 2.51. The van der Waals surface area contributed by atoms with E-state index in [1.807, 2.05) is 78.0 Å². The summed E-state index contributed by atoms with van der Waals surface area (Å²) in [6, 6.07) is -0.629. The van der Waals surface area contributed by atoms with Gasteiger partial charge in [-0.3, -0.25) is 19.2 Å². The fourth-order valence-corrected chi connectivity index (χ4v) is 21.9. The quantitative estimate of drug-likeness (QED) is 0.0582. The summed E-state index contributed by atoms with van der Waals surface area (Å²) in [7, 11) is 6.54. The number of rotatable bonds is 17. The second-order valence-corrected chi connectivity index (χ2v) is 39.2. The SMILES string of the molecule is CC[C@H](C)C1O[C@]2(C=C[C@@H]1C)C[C@@H]1C[C@@H](C/C=C(\C)[C@@H](O[C@H]3C[C@H](OC)[C@@H](O[C@H]4C[C@H](OC)[C@H](NC(C)=O)[C@H](C)O4)[C@H](C)O3)[C@@H](C)/C=C/C=C3\CO[C@@H]4[C@H](O)C(C)=C[C@@H](C(=O)O1)[C@]34O)O2.CO[C@H]1C[C@H](O[C@H]2[C@H](C)O[C@@H](O[C@@H]3/C(C)=C/C[C@@H]4C[C@@H](C[C@]5(C=C[C@H](C)C(C(C)C)O5)O4)OC(=O)[C@@H]4C=C(C)[C@@H](O)[C@H]5OC/C(=C\C=C\[C@@H]3C)[C@]54O)C[C@@H]2OC)O[C@@H](C)[C@H]1NC(C)=O. The Bertz CT molecular complexity index is 4190. The average molecular weight is 1810 g/mol. The molecule has 14 aliphatic rings. The Morgan fingerprint density at radius 1 is 0.481 bits per heavy atom. The summed E-state index contributed by atoms with van der Waals surface area (Å²) in [5.74, 6) is -5.56. The van der Waals surface area contributed by atoms with Gasteiger partial charge < -0.3 is 126 Å². The second kappa shape index (κ2) is 42.8. The molecule has 129 heavy (non-hydrogen) atoms. The van der Waals surface area contributed by atoms with Crippen molar-refractivity contribution >= 4 is 23.8 Å². The largest absolute Gasteiger partial charge is 0.462 e. The molecular formula is C99H148N2O28. The van der Waals surface area contributed by atoms with Crippen LogP contribution in [0.25, 0.3) is 0 Å². The van der Waals surface area contributed by atoms with Crippen molar-refractivity contribution < 1.29 is 134 Å². The van der Waals surface area contributed by atoms with Gasteiger partial charge in [-0.2, -0.15) is 0 Å². The van der Waals surface area contributed by atoms with Gasteiger partial charge in [-0.25, -0.2) is 0 Å². The maximum Gasteiger partial charge on any atom is 0.316 e. The molecule has 2 aliphatic carbocycles. The minimum Gasteiger partial charge on any atom is -0.462 e. The van der Waals surface area contributed by atoms with Crippen LogP contribution in [-0.2, 0) is 114 Å². The van der Waals surface area contributed by atoms with Gasteiger partial charge in [0.1, 0.15) is 71.9 Å². The van der Waals surface area contributed by atoms with Crippen molar-refractivity contribution in [2.75, 3.05) is 41.7 Å². The Kier molecular flexibility index (Phi) is 33.4. The topological polar surface area (TPSA) is 358 Å². The maximum absolute atomic E-state index is 14.4. The molecule has 14 rings (SSSR count). The van der Waals surface area contributed by atoms with E-state index in [0.717, 1.165) is 17.6 Å². The van der Waals surface area contributed by atoms with Crippen molar-refractivity contribution in [2.45, 2.75) is 390 Å². The third kappa shape index (κ3) is 22.2. The predicted molar refractivity (Wildman–Crippen MR) is 473 cm³/mol. The first kappa shape index (κ1) is 101. The highest BCUT2D eigenvalue weighted by Gasteiger charge is 2.63. The first-order valence-electron chi connectivity index (χ1n) is 47.2. The molecule has 0 aromatic heterocycles. The highest BCUT2D eigenvalue weighted by molar-refractivity contribution is 5.80. The molecule has 6 N–H and O–H groups in total. The van der Waals surface area contributed by atoms with E-state index in [0.29, 0.717) is 73.7 Å². The van der Waals surface area contributed by atoms with E-state index in [2.05, 4.69) is 90.3 Å². The molecule has 0 radical (unpaired) electrons. The van der Waals surface area contributed by atoms with E-state index in [4.69, 9.17) is 94.7 Å².